The summed E-state index contributed by atoms with van der Waals surface area (Å²) < 4.78 is 4.64. The van der Waals surface area contributed by atoms with Crippen LogP contribution >= 0.6 is 11.6 Å². The molecule has 0 atom stereocenters. The van der Waals surface area contributed by atoms with Gasteiger partial charge in [-0.15, -0.1) is 5.10 Å². The minimum Gasteiger partial charge on any atom is -0.323 e. The topological polar surface area (TPSA) is 90.1 Å². The Morgan fingerprint density at radius 2 is 1.50 bits per heavy atom. The summed E-state index contributed by atoms with van der Waals surface area (Å²) in [7, 11) is 0. The van der Waals surface area contributed by atoms with Gasteiger partial charge in [0, 0.05) is 35.7 Å². The Kier molecular flexibility index (Phi) is 7.78. The first-order chi connectivity index (χ1) is 23.6. The van der Waals surface area contributed by atoms with Crippen molar-refractivity contribution in [2.75, 3.05) is 0 Å². The Balaban J connectivity index is 1.27. The molecule has 0 radical (unpaired) electrons. The lowest BCUT2D eigenvalue weighted by atomic mass is 9.97. The molecule has 8 aromatic rings. The summed E-state index contributed by atoms with van der Waals surface area (Å²) in [5.74, 6) is 2.60. The molecular weight excluding hydrogens is 616 g/mol. The van der Waals surface area contributed by atoms with Gasteiger partial charge in [0.1, 0.15) is 11.6 Å². The fourth-order valence-corrected chi connectivity index (χ4v) is 6.79. The first-order valence-electron chi connectivity index (χ1n) is 16.2. The Morgan fingerprint density at radius 1 is 0.708 bits per heavy atom. The number of nitrogens with one attached hydrogen (secondary N) is 1. The molecule has 0 fully saturated rings. The van der Waals surface area contributed by atoms with E-state index in [-0.39, 0.29) is 0 Å². The van der Waals surface area contributed by atoms with Crippen LogP contribution in [0.4, 0.5) is 0 Å². The summed E-state index contributed by atoms with van der Waals surface area (Å²) in [5, 5.41) is 15.7. The van der Waals surface area contributed by atoms with E-state index in [1.165, 1.54) is 5.56 Å². The zero-order chi connectivity index (χ0) is 32.6. The molecule has 3 heterocycles. The van der Waals surface area contributed by atoms with Gasteiger partial charge in [-0.2, -0.15) is 0 Å². The smallest absolute Gasteiger partial charge is 0.180 e. The van der Waals surface area contributed by atoms with Gasteiger partial charge in [-0.25, -0.2) is 15.1 Å². The number of aromatic nitrogens is 8. The van der Waals surface area contributed by atoms with Crippen molar-refractivity contribution in [3.63, 3.8) is 0 Å². The number of tetrazole rings is 1. The molecule has 3 aromatic heterocycles. The van der Waals surface area contributed by atoms with E-state index in [0.717, 1.165) is 79.9 Å². The second kappa shape index (κ2) is 12.5. The van der Waals surface area contributed by atoms with Gasteiger partial charge in [0.25, 0.3) is 0 Å². The average molecular weight is 649 g/mol. The summed E-state index contributed by atoms with van der Waals surface area (Å²) in [5.41, 5.74) is 11.6. The van der Waals surface area contributed by atoms with Gasteiger partial charge in [0.2, 0.25) is 0 Å². The molecule has 236 valence electrons. The molecule has 0 aliphatic rings. The monoisotopic (exact) mass is 648 g/mol. The normalized spacial score (nSPS) is 11.6. The highest BCUT2D eigenvalue weighted by Crippen LogP contribution is 2.34. The zero-order valence-electron chi connectivity index (χ0n) is 26.7. The Morgan fingerprint density at radius 3 is 2.27 bits per heavy atom. The van der Waals surface area contributed by atoms with Gasteiger partial charge in [-0.1, -0.05) is 91.3 Å². The number of halogens is 1. The molecule has 0 amide bonds. The lowest BCUT2D eigenvalue weighted by molar-refractivity contribution is 0.722. The molecule has 48 heavy (non-hydrogen) atoms. The van der Waals surface area contributed by atoms with Gasteiger partial charge >= 0.3 is 0 Å². The van der Waals surface area contributed by atoms with E-state index >= 15 is 0 Å². The molecule has 0 saturated carbocycles. The molecule has 0 unspecified atom stereocenters. The molecule has 8 rings (SSSR count). The van der Waals surface area contributed by atoms with E-state index in [2.05, 4.69) is 116 Å². The van der Waals surface area contributed by atoms with Crippen LogP contribution in [-0.2, 0) is 19.5 Å². The molecule has 0 aliphatic carbocycles. The number of aromatic amines is 1. The maximum absolute atomic E-state index is 6.43. The third-order valence-corrected chi connectivity index (χ3v) is 9.09. The number of rotatable bonds is 9. The molecule has 0 spiro atoms. The summed E-state index contributed by atoms with van der Waals surface area (Å²) in [4.78, 5) is 10.3. The maximum Gasteiger partial charge on any atom is 0.180 e. The largest absolute Gasteiger partial charge is 0.323 e. The maximum atomic E-state index is 6.43. The molecule has 0 aliphatic heterocycles. The molecule has 9 heteroatoms. The van der Waals surface area contributed by atoms with E-state index in [0.29, 0.717) is 23.9 Å². The minimum atomic E-state index is 0.635. The number of benzene rings is 5. The number of aryl methyl sites for hydroxylation is 2. The van der Waals surface area contributed by atoms with Crippen molar-refractivity contribution in [3.05, 3.63) is 137 Å². The standard InChI is InChI=1S/C39H33ClN8/c1-3-10-36-42-37-25(2)19-29(39-41-33-22-30(40)16-18-34(33)48(39)23-26-11-6-4-7-12-26)21-35(37)47(36)24-27-15-17-31(28-13-8-5-9-14-28)32(20-27)38-43-45-46-44-38/h4-9,11-22H,3,10,23-24H2,1-2H3,(H,43,44,45,46). The quantitative estimate of drug-likeness (QED) is 0.169. The van der Waals surface area contributed by atoms with E-state index < -0.39 is 0 Å². The number of hydrogen-bond donors (Lipinski definition) is 1. The summed E-state index contributed by atoms with van der Waals surface area (Å²) in [6.07, 6.45) is 1.86. The van der Waals surface area contributed by atoms with Crippen molar-refractivity contribution in [2.45, 2.75) is 39.8 Å². The summed E-state index contributed by atoms with van der Waals surface area (Å²) >= 11 is 6.43. The van der Waals surface area contributed by atoms with Gasteiger partial charge < -0.3 is 9.13 Å². The van der Waals surface area contributed by atoms with E-state index in [4.69, 9.17) is 21.6 Å². The van der Waals surface area contributed by atoms with Crippen molar-refractivity contribution in [1.82, 2.24) is 39.7 Å². The molecule has 0 saturated heterocycles. The van der Waals surface area contributed by atoms with Crippen LogP contribution in [0, 0.1) is 6.92 Å². The highest BCUT2D eigenvalue weighted by atomic mass is 35.5. The minimum absolute atomic E-state index is 0.635. The average Bonchev–Trinajstić information content (AvgIpc) is 3.85. The van der Waals surface area contributed by atoms with Crippen LogP contribution in [-0.4, -0.2) is 39.7 Å². The van der Waals surface area contributed by atoms with Crippen LogP contribution in [0.3, 0.4) is 0 Å². The van der Waals surface area contributed by atoms with Crippen molar-refractivity contribution < 1.29 is 0 Å². The molecular formula is C39H33ClN8. The second-order valence-electron chi connectivity index (χ2n) is 12.2. The van der Waals surface area contributed by atoms with Crippen LogP contribution in [0.2, 0.25) is 5.02 Å². The molecule has 5 aromatic carbocycles. The zero-order valence-corrected chi connectivity index (χ0v) is 27.5. The van der Waals surface area contributed by atoms with Gasteiger partial charge in [-0.05, 0) is 88.0 Å². The highest BCUT2D eigenvalue weighted by Gasteiger charge is 2.20. The number of imidazole rings is 2. The van der Waals surface area contributed by atoms with Crippen molar-refractivity contribution >= 4 is 33.7 Å². The lowest BCUT2D eigenvalue weighted by Gasteiger charge is -2.14. The van der Waals surface area contributed by atoms with E-state index in [1.54, 1.807) is 0 Å². The first-order valence-corrected chi connectivity index (χ1v) is 16.6. The number of nitrogens with zero attached hydrogens (tertiary/aromatic N) is 7. The number of fused-ring (bicyclic) bond motifs is 2. The van der Waals surface area contributed by atoms with Gasteiger partial charge in [0.15, 0.2) is 5.82 Å². The van der Waals surface area contributed by atoms with Gasteiger partial charge in [0.05, 0.1) is 22.1 Å². The highest BCUT2D eigenvalue weighted by molar-refractivity contribution is 6.31. The Bertz CT molecular complexity index is 2380. The molecule has 8 nitrogen and oxygen atoms in total. The predicted molar refractivity (Wildman–Crippen MR) is 192 cm³/mol. The SMILES string of the molecule is CCCc1nc2c(C)cc(-c3nc4cc(Cl)ccc4n3Cc3ccccc3)cc2n1Cc1ccc(-c2ccccc2)c(-c2nnn[nH]2)c1. The van der Waals surface area contributed by atoms with Gasteiger partial charge in [-0.3, -0.25) is 0 Å². The fraction of sp³-hybridized carbons (Fsp3) is 0.154. The third-order valence-electron chi connectivity index (χ3n) is 8.86. The predicted octanol–water partition coefficient (Wildman–Crippen LogP) is 8.91. The van der Waals surface area contributed by atoms with Crippen LogP contribution in [0.25, 0.3) is 56.0 Å². The van der Waals surface area contributed by atoms with Crippen LogP contribution in [0.5, 0.6) is 0 Å². The summed E-state index contributed by atoms with van der Waals surface area (Å²) in [6.45, 7) is 5.68. The summed E-state index contributed by atoms with van der Waals surface area (Å²) in [6, 6.07) is 37.8. The van der Waals surface area contributed by atoms with Crippen molar-refractivity contribution in [1.29, 1.82) is 0 Å². The Hall–Kier alpha value is -5.60. The number of H-pyrrole nitrogens is 1. The van der Waals surface area contributed by atoms with Crippen molar-refractivity contribution in [3.8, 4) is 33.9 Å². The second-order valence-corrected chi connectivity index (χ2v) is 12.6. The third kappa shape index (κ3) is 5.54. The van der Waals surface area contributed by atoms with E-state index in [9.17, 15) is 0 Å². The van der Waals surface area contributed by atoms with Crippen LogP contribution in [0.15, 0.2) is 109 Å². The van der Waals surface area contributed by atoms with Crippen molar-refractivity contribution in [2.24, 2.45) is 0 Å². The van der Waals surface area contributed by atoms with E-state index in [1.807, 2.05) is 36.4 Å². The van der Waals surface area contributed by atoms with Crippen LogP contribution in [0.1, 0.15) is 35.9 Å². The molecule has 0 bridgehead atoms. The first kappa shape index (κ1) is 29.8. The fourth-order valence-electron chi connectivity index (χ4n) is 6.62. The number of hydrogen-bond acceptors (Lipinski definition) is 5. The molecule has 1 N–H and O–H groups in total. The Labute approximate surface area is 283 Å². The lowest BCUT2D eigenvalue weighted by Crippen LogP contribution is -2.06. The van der Waals surface area contributed by atoms with Crippen LogP contribution < -0.4 is 0 Å².